The van der Waals surface area contributed by atoms with Gasteiger partial charge in [0.2, 0.25) is 0 Å². The predicted molar refractivity (Wildman–Crippen MR) is 134 cm³/mol. The molecule has 2 saturated heterocycles. The lowest BCUT2D eigenvalue weighted by atomic mass is 9.95. The van der Waals surface area contributed by atoms with Gasteiger partial charge in [0.1, 0.15) is 23.9 Å². The molecule has 2 fully saturated rings. The van der Waals surface area contributed by atoms with Crippen LogP contribution in [-0.4, -0.2) is 62.7 Å². The monoisotopic (exact) mass is 626 g/mol. The molecule has 4 rings (SSSR count). The molecule has 5 nitrogen and oxygen atoms in total. The highest BCUT2D eigenvalue weighted by molar-refractivity contribution is 14.1. The number of nitrogens with one attached hydrogen (secondary N) is 1. The third-order valence-corrected chi connectivity index (χ3v) is 8.64. The van der Waals surface area contributed by atoms with E-state index >= 15 is 8.78 Å². The molecule has 0 aromatic heterocycles. The second-order valence-corrected chi connectivity index (χ2v) is 11.1. The van der Waals surface area contributed by atoms with Crippen molar-refractivity contribution in [2.45, 2.75) is 37.2 Å². The molecular weight excluding hydrogens is 604 g/mol. The summed E-state index contributed by atoms with van der Waals surface area (Å²) < 4.78 is 65.6. The quantitative estimate of drug-likeness (QED) is 0.353. The first-order valence-electron chi connectivity index (χ1n) is 10.8. The maximum Gasteiger partial charge on any atom is 0.252 e. The van der Waals surface area contributed by atoms with Crippen molar-refractivity contribution in [3.05, 3.63) is 58.6 Å². The summed E-state index contributed by atoms with van der Waals surface area (Å²) >= 11 is 8.02. The summed E-state index contributed by atoms with van der Waals surface area (Å²) in [5.41, 5.74) is 0.649. The minimum atomic E-state index is -1.50. The molecular formula is C23H23ClF3IN2O3S. The zero-order chi connectivity index (χ0) is 24.4. The smallest absolute Gasteiger partial charge is 0.252 e. The molecule has 0 radical (unpaired) electrons. The zero-order valence-corrected chi connectivity index (χ0v) is 21.7. The fourth-order valence-corrected chi connectivity index (χ4v) is 6.59. The molecule has 2 aliphatic heterocycles. The van der Waals surface area contributed by atoms with Gasteiger partial charge in [-0.3, -0.25) is 4.79 Å². The third-order valence-electron chi connectivity index (χ3n) is 6.04. The van der Waals surface area contributed by atoms with E-state index in [0.29, 0.717) is 23.2 Å². The van der Waals surface area contributed by atoms with Crippen LogP contribution in [-0.2, 0) is 26.9 Å². The Labute approximate surface area is 217 Å². The Morgan fingerprint density at radius 1 is 1.29 bits per heavy atom. The van der Waals surface area contributed by atoms with Gasteiger partial charge in [-0.25, -0.2) is 22.1 Å². The van der Waals surface area contributed by atoms with Gasteiger partial charge in [-0.2, -0.15) is 0 Å². The third kappa shape index (κ3) is 5.61. The largest absolute Gasteiger partial charge is 0.368 e. The van der Waals surface area contributed by atoms with Crippen LogP contribution in [0.5, 0.6) is 0 Å². The summed E-state index contributed by atoms with van der Waals surface area (Å²) in [5.74, 6) is -1.23. The van der Waals surface area contributed by atoms with Crippen molar-refractivity contribution < 1.29 is 26.9 Å². The SMILES string of the molecule is O=C(C1CCO1)N1C[C@H](F)[C@H](NS(=O)CCI)[C@@H]1Cc1cccc(-c2cc(F)cc(Cl)c2)c1F. The second-order valence-electron chi connectivity index (χ2n) is 8.25. The molecule has 0 aliphatic carbocycles. The van der Waals surface area contributed by atoms with Gasteiger partial charge < -0.3 is 9.64 Å². The molecule has 1 amide bonds. The number of carbonyl (C=O) groups excluding carboxylic acids is 1. The number of halogens is 5. The van der Waals surface area contributed by atoms with E-state index in [1.807, 2.05) is 0 Å². The van der Waals surface area contributed by atoms with Crippen LogP contribution in [0.1, 0.15) is 12.0 Å². The van der Waals surface area contributed by atoms with Crippen LogP contribution in [0.2, 0.25) is 5.02 Å². The number of alkyl halides is 2. The van der Waals surface area contributed by atoms with Gasteiger partial charge in [0, 0.05) is 27.2 Å². The van der Waals surface area contributed by atoms with E-state index in [1.165, 1.54) is 23.1 Å². The molecule has 11 heteroatoms. The Morgan fingerprint density at radius 2 is 2.06 bits per heavy atom. The topological polar surface area (TPSA) is 58.6 Å². The lowest BCUT2D eigenvalue weighted by Crippen LogP contribution is -2.52. The molecule has 1 N–H and O–H groups in total. The van der Waals surface area contributed by atoms with Gasteiger partial charge in [-0.05, 0) is 35.7 Å². The van der Waals surface area contributed by atoms with Gasteiger partial charge in [-0.15, -0.1) is 0 Å². The summed E-state index contributed by atoms with van der Waals surface area (Å²) in [5, 5.41) is 0.134. The van der Waals surface area contributed by atoms with E-state index in [4.69, 9.17) is 16.3 Å². The van der Waals surface area contributed by atoms with Gasteiger partial charge in [-0.1, -0.05) is 52.4 Å². The lowest BCUT2D eigenvalue weighted by Gasteiger charge is -2.34. The van der Waals surface area contributed by atoms with Crippen LogP contribution in [0.25, 0.3) is 11.1 Å². The average Bonchev–Trinajstić information content (AvgIpc) is 3.03. The first-order chi connectivity index (χ1) is 16.3. The van der Waals surface area contributed by atoms with E-state index in [-0.39, 0.29) is 40.6 Å². The Bertz CT molecular complexity index is 1070. The van der Waals surface area contributed by atoms with Crippen LogP contribution in [0.15, 0.2) is 36.4 Å². The molecule has 2 aromatic carbocycles. The normalized spacial score (nSPS) is 25.3. The molecule has 2 heterocycles. The number of benzene rings is 2. The highest BCUT2D eigenvalue weighted by Gasteiger charge is 2.47. The van der Waals surface area contributed by atoms with Gasteiger partial charge in [0.25, 0.3) is 5.91 Å². The number of carbonyl (C=O) groups is 1. The fourth-order valence-electron chi connectivity index (χ4n) is 4.31. The summed E-state index contributed by atoms with van der Waals surface area (Å²) in [4.78, 5) is 14.3. The van der Waals surface area contributed by atoms with Crippen LogP contribution >= 0.6 is 34.2 Å². The van der Waals surface area contributed by atoms with Crippen LogP contribution < -0.4 is 4.72 Å². The van der Waals surface area contributed by atoms with Crippen molar-refractivity contribution in [2.24, 2.45) is 0 Å². The first-order valence-corrected chi connectivity index (χ1v) is 14.0. The Kier molecular flexibility index (Phi) is 8.55. The molecule has 0 spiro atoms. The molecule has 2 aliphatic rings. The highest BCUT2D eigenvalue weighted by Crippen LogP contribution is 2.32. The first kappa shape index (κ1) is 25.9. The number of hydrogen-bond donors (Lipinski definition) is 1. The van der Waals surface area contributed by atoms with Crippen molar-refractivity contribution in [1.82, 2.24) is 9.62 Å². The Hall–Kier alpha value is -1.21. The standard InChI is InChI=1S/C23H23ClF3IN2O3S/c24-15-8-14(9-16(25)11-15)17-3-1-2-13(21(17)27)10-19-22(29-34(32)7-5-28)18(26)12-30(19)23(31)20-4-6-33-20/h1-3,8-9,11,18-20,22,29H,4-7,10,12H2/t18-,19-,20?,22-,34?/m0/s1. The molecule has 5 atom stereocenters. The minimum absolute atomic E-state index is 0.0132. The Balaban J connectivity index is 1.66. The summed E-state index contributed by atoms with van der Waals surface area (Å²) in [6.07, 6.45) is -1.58. The fraction of sp³-hybridized carbons (Fsp3) is 0.435. The van der Waals surface area contributed by atoms with Gasteiger partial charge in [0.05, 0.1) is 36.2 Å². The molecule has 184 valence electrons. The van der Waals surface area contributed by atoms with E-state index < -0.39 is 47.0 Å². The van der Waals surface area contributed by atoms with E-state index in [2.05, 4.69) is 27.3 Å². The highest BCUT2D eigenvalue weighted by atomic mass is 127. The maximum absolute atomic E-state index is 15.6. The van der Waals surface area contributed by atoms with Crippen molar-refractivity contribution in [3.63, 3.8) is 0 Å². The minimum Gasteiger partial charge on any atom is -0.368 e. The Morgan fingerprint density at radius 3 is 2.71 bits per heavy atom. The van der Waals surface area contributed by atoms with Gasteiger partial charge in [0.15, 0.2) is 0 Å². The summed E-state index contributed by atoms with van der Waals surface area (Å²) in [6.45, 7) is 0.269. The van der Waals surface area contributed by atoms with E-state index in [1.54, 1.807) is 12.1 Å². The molecule has 2 aromatic rings. The number of rotatable bonds is 8. The van der Waals surface area contributed by atoms with Crippen molar-refractivity contribution in [3.8, 4) is 11.1 Å². The average molecular weight is 627 g/mol. The van der Waals surface area contributed by atoms with Crippen molar-refractivity contribution >= 4 is 51.1 Å². The predicted octanol–water partition coefficient (Wildman–Crippen LogP) is 4.22. The lowest BCUT2D eigenvalue weighted by molar-refractivity contribution is -0.157. The van der Waals surface area contributed by atoms with E-state index in [9.17, 15) is 13.4 Å². The zero-order valence-electron chi connectivity index (χ0n) is 18.0. The number of ether oxygens (including phenoxy) is 1. The van der Waals surface area contributed by atoms with Crippen molar-refractivity contribution in [2.75, 3.05) is 23.3 Å². The van der Waals surface area contributed by atoms with Crippen LogP contribution in [0, 0.1) is 11.6 Å². The number of likely N-dealkylation sites (tertiary alicyclic amines) is 1. The summed E-state index contributed by atoms with van der Waals surface area (Å²) in [7, 11) is -1.50. The number of amides is 1. The summed E-state index contributed by atoms with van der Waals surface area (Å²) in [6, 6.07) is 6.74. The molecule has 0 saturated carbocycles. The van der Waals surface area contributed by atoms with Crippen molar-refractivity contribution in [1.29, 1.82) is 0 Å². The molecule has 0 bridgehead atoms. The van der Waals surface area contributed by atoms with Gasteiger partial charge >= 0.3 is 0 Å². The number of nitrogens with zero attached hydrogens (tertiary/aromatic N) is 1. The van der Waals surface area contributed by atoms with E-state index in [0.717, 1.165) is 6.07 Å². The maximum atomic E-state index is 15.6. The van der Waals surface area contributed by atoms with Crippen LogP contribution in [0.3, 0.4) is 0 Å². The second kappa shape index (κ2) is 11.2. The molecule has 2 unspecified atom stereocenters. The molecule has 34 heavy (non-hydrogen) atoms. The van der Waals surface area contributed by atoms with Crippen LogP contribution in [0.4, 0.5) is 13.2 Å². The number of hydrogen-bond acceptors (Lipinski definition) is 3.